The van der Waals surface area contributed by atoms with Crippen LogP contribution in [0.2, 0.25) is 0 Å². The van der Waals surface area contributed by atoms with Gasteiger partial charge >= 0.3 is 0 Å². The van der Waals surface area contributed by atoms with Crippen molar-refractivity contribution in [2.45, 2.75) is 56.2 Å². The molecule has 0 bridgehead atoms. The Hall–Kier alpha value is -3.57. The van der Waals surface area contributed by atoms with E-state index in [-0.39, 0.29) is 11.9 Å². The number of anilines is 1. The lowest BCUT2D eigenvalue weighted by Crippen LogP contribution is -2.43. The lowest BCUT2D eigenvalue weighted by Gasteiger charge is -2.29. The van der Waals surface area contributed by atoms with Crippen molar-refractivity contribution in [3.05, 3.63) is 82.6 Å². The molecule has 0 aromatic heterocycles. The Labute approximate surface area is 296 Å². The van der Waals surface area contributed by atoms with E-state index in [1.54, 1.807) is 17.8 Å². The van der Waals surface area contributed by atoms with Crippen molar-refractivity contribution in [3.8, 4) is 5.75 Å². The normalized spacial score (nSPS) is 20.0. The van der Waals surface area contributed by atoms with Gasteiger partial charge in [0.2, 0.25) is 0 Å². The van der Waals surface area contributed by atoms with E-state index in [1.165, 1.54) is 12.8 Å². The van der Waals surface area contributed by atoms with Gasteiger partial charge in [0.15, 0.2) is 6.29 Å². The van der Waals surface area contributed by atoms with Gasteiger partial charge < -0.3 is 30.3 Å². The molecule has 3 heterocycles. The number of para-hydroxylation sites is 1. The highest BCUT2D eigenvalue weighted by Crippen LogP contribution is 2.33. The standard InChI is InChI=1S/C39H53N5O4S/c1-4-34(39(46)44-17-9-11-32(44)26-43-15-7-8-16-43)29(2)36(40)24-31(27-45)35-25-33(13-14-37(35)41-3)49-28-30-10-5-6-12-38(30)48-23-20-42-18-21-47-22-19-42/h4-6,10,12-14,24-25,27,32,41H,7-9,11,15-23,26,28,40H2,1-3H3/b31-24+,34-4-,36-29-. The number of aldehydes is 1. The summed E-state index contributed by atoms with van der Waals surface area (Å²) in [6.07, 6.45) is 8.91. The minimum absolute atomic E-state index is 0.0189. The van der Waals surface area contributed by atoms with Crippen LogP contribution in [0.4, 0.5) is 5.69 Å². The average molecular weight is 688 g/mol. The number of nitrogens with zero attached hydrogens (tertiary/aromatic N) is 3. The largest absolute Gasteiger partial charge is 0.492 e. The molecular weight excluding hydrogens is 635 g/mol. The molecule has 0 saturated carbocycles. The van der Waals surface area contributed by atoms with Crippen LogP contribution in [0.1, 0.15) is 50.7 Å². The molecule has 2 aromatic rings. The summed E-state index contributed by atoms with van der Waals surface area (Å²) in [5.41, 5.74) is 11.5. The van der Waals surface area contributed by atoms with E-state index in [1.807, 2.05) is 62.2 Å². The van der Waals surface area contributed by atoms with Gasteiger partial charge in [-0.15, -0.1) is 11.8 Å². The minimum atomic E-state index is 0.0189. The first-order valence-corrected chi connectivity index (χ1v) is 18.7. The molecule has 0 spiro atoms. The summed E-state index contributed by atoms with van der Waals surface area (Å²) >= 11 is 1.69. The summed E-state index contributed by atoms with van der Waals surface area (Å²) < 4.78 is 11.7. The number of benzene rings is 2. The number of thioether (sulfide) groups is 1. The summed E-state index contributed by atoms with van der Waals surface area (Å²) in [6.45, 7) is 12.6. The van der Waals surface area contributed by atoms with E-state index in [0.717, 1.165) is 111 Å². The Kier molecular flexibility index (Phi) is 13.8. The van der Waals surface area contributed by atoms with Crippen molar-refractivity contribution in [1.82, 2.24) is 14.7 Å². The number of nitrogens with one attached hydrogen (secondary N) is 1. The maximum Gasteiger partial charge on any atom is 0.254 e. The van der Waals surface area contributed by atoms with Gasteiger partial charge in [0.05, 0.1) is 13.2 Å². The zero-order valence-electron chi connectivity index (χ0n) is 29.4. The van der Waals surface area contributed by atoms with Crippen molar-refractivity contribution in [2.75, 3.05) is 78.0 Å². The Morgan fingerprint density at radius 2 is 1.84 bits per heavy atom. The van der Waals surface area contributed by atoms with Crippen LogP contribution in [-0.2, 0) is 20.1 Å². The summed E-state index contributed by atoms with van der Waals surface area (Å²) in [5, 5.41) is 3.22. The Balaban J connectivity index is 1.28. The molecule has 3 saturated heterocycles. The highest BCUT2D eigenvalue weighted by molar-refractivity contribution is 7.98. The smallest absolute Gasteiger partial charge is 0.254 e. The van der Waals surface area contributed by atoms with Crippen molar-refractivity contribution >= 4 is 35.2 Å². The first kappa shape index (κ1) is 36.7. The minimum Gasteiger partial charge on any atom is -0.492 e. The molecule has 2 aromatic carbocycles. The fraction of sp³-hybridized carbons (Fsp3) is 0.487. The second-order valence-corrected chi connectivity index (χ2v) is 14.0. The topological polar surface area (TPSA) is 100 Å². The third kappa shape index (κ3) is 9.78. The number of allylic oxidation sites excluding steroid dienone is 3. The Morgan fingerprint density at radius 3 is 2.57 bits per heavy atom. The number of ether oxygens (including phenoxy) is 2. The highest BCUT2D eigenvalue weighted by atomic mass is 32.2. The lowest BCUT2D eigenvalue weighted by atomic mass is 9.99. The van der Waals surface area contributed by atoms with Crippen molar-refractivity contribution < 1.29 is 19.1 Å². The van der Waals surface area contributed by atoms with Crippen LogP contribution in [0.25, 0.3) is 5.57 Å². The first-order chi connectivity index (χ1) is 23.9. The first-order valence-electron chi connectivity index (χ1n) is 17.7. The summed E-state index contributed by atoms with van der Waals surface area (Å²) in [7, 11) is 1.84. The van der Waals surface area contributed by atoms with Gasteiger partial charge in [0, 0.05) is 90.1 Å². The van der Waals surface area contributed by atoms with Crippen molar-refractivity contribution in [3.63, 3.8) is 0 Å². The zero-order chi connectivity index (χ0) is 34.6. The molecule has 49 heavy (non-hydrogen) atoms. The number of likely N-dealkylation sites (tertiary alicyclic amines) is 2. The third-order valence-electron chi connectivity index (χ3n) is 9.81. The molecule has 0 radical (unpaired) electrons. The van der Waals surface area contributed by atoms with Crippen molar-refractivity contribution in [1.29, 1.82) is 0 Å². The van der Waals surface area contributed by atoms with Crippen LogP contribution >= 0.6 is 11.8 Å². The van der Waals surface area contributed by atoms with Gasteiger partial charge in [-0.05, 0) is 88.5 Å². The second kappa shape index (κ2) is 18.4. The van der Waals surface area contributed by atoms with Gasteiger partial charge in [0.1, 0.15) is 12.4 Å². The van der Waals surface area contributed by atoms with Gasteiger partial charge in [-0.2, -0.15) is 0 Å². The Morgan fingerprint density at radius 1 is 1.06 bits per heavy atom. The summed E-state index contributed by atoms with van der Waals surface area (Å²) in [4.78, 5) is 34.3. The predicted octanol–water partition coefficient (Wildman–Crippen LogP) is 5.58. The molecule has 0 aliphatic carbocycles. The number of hydrogen-bond donors (Lipinski definition) is 2. The highest BCUT2D eigenvalue weighted by Gasteiger charge is 2.32. The molecule has 9 nitrogen and oxygen atoms in total. The maximum atomic E-state index is 13.9. The number of amides is 1. The van der Waals surface area contributed by atoms with Gasteiger partial charge in [-0.1, -0.05) is 24.3 Å². The molecule has 3 aliphatic rings. The predicted molar refractivity (Wildman–Crippen MR) is 200 cm³/mol. The van der Waals surface area contributed by atoms with E-state index in [4.69, 9.17) is 15.2 Å². The molecule has 3 N–H and O–H groups in total. The SMILES string of the molecule is C/C=C(C(=O)N1CCCC1CN1CCCC1)/C(C)=C(N)/C=C(\C=O)c1cc(SCc2ccccc2OCCN2CCOCC2)ccc1NC. The van der Waals surface area contributed by atoms with Crippen LogP contribution in [0.3, 0.4) is 0 Å². The lowest BCUT2D eigenvalue weighted by molar-refractivity contribution is -0.128. The van der Waals surface area contributed by atoms with Gasteiger partial charge in [-0.25, -0.2) is 0 Å². The third-order valence-corrected chi connectivity index (χ3v) is 10.8. The molecule has 1 atom stereocenters. The molecule has 5 rings (SSSR count). The van der Waals surface area contributed by atoms with Gasteiger partial charge in [-0.3, -0.25) is 14.5 Å². The number of rotatable bonds is 15. The molecule has 3 fully saturated rings. The fourth-order valence-corrected chi connectivity index (χ4v) is 7.85. The van der Waals surface area contributed by atoms with Crippen LogP contribution in [0.5, 0.6) is 5.75 Å². The zero-order valence-corrected chi connectivity index (χ0v) is 30.2. The number of carbonyl (C=O) groups excluding carboxylic acids is 2. The fourth-order valence-electron chi connectivity index (χ4n) is 6.92. The average Bonchev–Trinajstić information content (AvgIpc) is 3.83. The molecule has 264 valence electrons. The second-order valence-electron chi connectivity index (χ2n) is 13.0. The van der Waals surface area contributed by atoms with Gasteiger partial charge in [0.25, 0.3) is 5.91 Å². The molecule has 1 unspecified atom stereocenters. The van der Waals surface area contributed by atoms with E-state index in [9.17, 15) is 9.59 Å². The molecule has 10 heteroatoms. The molecular formula is C39H53N5O4S. The van der Waals surface area contributed by atoms with Crippen LogP contribution < -0.4 is 15.8 Å². The van der Waals surface area contributed by atoms with E-state index >= 15 is 0 Å². The number of carbonyl (C=O) groups is 2. The van der Waals surface area contributed by atoms with E-state index < -0.39 is 0 Å². The number of morpholine rings is 1. The van der Waals surface area contributed by atoms with Crippen molar-refractivity contribution in [2.24, 2.45) is 5.73 Å². The van der Waals surface area contributed by atoms with Crippen LogP contribution in [-0.4, -0.2) is 106 Å². The molecule has 3 aliphatic heterocycles. The van der Waals surface area contributed by atoms with Crippen LogP contribution in [0.15, 0.2) is 76.4 Å². The maximum absolute atomic E-state index is 13.9. The number of nitrogens with two attached hydrogens (primary N) is 1. The molecule has 1 amide bonds. The summed E-state index contributed by atoms with van der Waals surface area (Å²) in [5.74, 6) is 1.63. The Bertz CT molecular complexity index is 1530. The number of hydrogen-bond acceptors (Lipinski definition) is 9. The van der Waals surface area contributed by atoms with E-state index in [0.29, 0.717) is 29.0 Å². The van der Waals surface area contributed by atoms with Crippen LogP contribution in [0, 0.1) is 0 Å². The quantitative estimate of drug-likeness (QED) is 0.108. The monoisotopic (exact) mass is 687 g/mol. The summed E-state index contributed by atoms with van der Waals surface area (Å²) in [6, 6.07) is 14.5. The van der Waals surface area contributed by atoms with E-state index in [2.05, 4.69) is 27.2 Å².